The number of fused-ring (bicyclic) bond motifs is 1. The van der Waals surface area contributed by atoms with Crippen LogP contribution in [-0.4, -0.2) is 14.9 Å². The second-order valence-corrected chi connectivity index (χ2v) is 5.00. The molecule has 16 heavy (non-hydrogen) atoms. The Labute approximate surface area is 92.5 Å². The molecule has 6 heteroatoms. The molecule has 5 nitrogen and oxygen atoms in total. The molecule has 0 radical (unpaired) electrons. The van der Waals surface area contributed by atoms with E-state index in [9.17, 15) is 14.4 Å². The van der Waals surface area contributed by atoms with E-state index in [1.165, 1.54) is 10.9 Å². The number of rotatable bonds is 2. The van der Waals surface area contributed by atoms with Gasteiger partial charge in [-0.1, -0.05) is 22.9 Å². The van der Waals surface area contributed by atoms with Gasteiger partial charge in [0.05, 0.1) is 0 Å². The van der Waals surface area contributed by atoms with E-state index in [2.05, 4.69) is 5.10 Å². The molecule has 0 aliphatic carbocycles. The summed E-state index contributed by atoms with van der Waals surface area (Å²) >= 11 is 0. The third kappa shape index (κ3) is 1.97. The van der Waals surface area contributed by atoms with E-state index >= 15 is 0 Å². The molecule has 84 valence electrons. The van der Waals surface area contributed by atoms with Crippen LogP contribution in [0.5, 0.6) is 0 Å². The molecular formula is C10H12N2O3P+. The van der Waals surface area contributed by atoms with Crippen LogP contribution >= 0.6 is 7.60 Å². The molecule has 0 aliphatic heterocycles. The number of benzene rings is 1. The normalized spacial score (nSPS) is 11.9. The van der Waals surface area contributed by atoms with Gasteiger partial charge >= 0.3 is 7.60 Å². The van der Waals surface area contributed by atoms with Gasteiger partial charge in [-0.15, -0.1) is 0 Å². The zero-order valence-electron chi connectivity index (χ0n) is 8.74. The Kier molecular flexibility index (Phi) is 2.76. The molecule has 2 N–H and O–H groups in total. The Hall–Kier alpha value is -1.29. The highest BCUT2D eigenvalue weighted by Gasteiger charge is 2.25. The fourth-order valence-corrected chi connectivity index (χ4v) is 2.34. The second kappa shape index (κ2) is 3.94. The zero-order chi connectivity index (χ0) is 11.8. The fourth-order valence-electron chi connectivity index (χ4n) is 1.55. The SMILES string of the molecule is CC[n+]1cc(P(=O)(O)O)c2ccccc2n1. The monoisotopic (exact) mass is 239 g/mol. The maximum atomic E-state index is 11.4. The molecule has 0 amide bonds. The molecule has 0 bridgehead atoms. The number of aryl methyl sites for hydroxylation is 1. The molecule has 0 saturated carbocycles. The van der Waals surface area contributed by atoms with Gasteiger partial charge in [0.25, 0.3) is 0 Å². The average Bonchev–Trinajstić information content (AvgIpc) is 2.26. The van der Waals surface area contributed by atoms with E-state index in [0.717, 1.165) is 0 Å². The molecule has 0 unspecified atom stereocenters. The minimum atomic E-state index is -4.26. The Balaban J connectivity index is 2.84. The van der Waals surface area contributed by atoms with Gasteiger partial charge < -0.3 is 9.79 Å². The van der Waals surface area contributed by atoms with E-state index in [1.807, 2.05) is 6.92 Å². The quantitative estimate of drug-likeness (QED) is 0.585. The first kappa shape index (κ1) is 11.2. The summed E-state index contributed by atoms with van der Waals surface area (Å²) in [6.45, 7) is 2.43. The van der Waals surface area contributed by atoms with Crippen molar-refractivity contribution in [2.75, 3.05) is 0 Å². The summed E-state index contributed by atoms with van der Waals surface area (Å²) < 4.78 is 12.9. The largest absolute Gasteiger partial charge is 0.363 e. The number of hydrogen-bond acceptors (Lipinski definition) is 2. The van der Waals surface area contributed by atoms with Crippen LogP contribution in [0.3, 0.4) is 0 Å². The Morgan fingerprint density at radius 1 is 1.38 bits per heavy atom. The lowest BCUT2D eigenvalue weighted by molar-refractivity contribution is -0.747. The molecule has 0 aliphatic rings. The summed E-state index contributed by atoms with van der Waals surface area (Å²) in [7, 11) is -4.26. The number of hydrogen-bond donors (Lipinski definition) is 2. The first-order chi connectivity index (χ1) is 7.52. The summed E-state index contributed by atoms with van der Waals surface area (Å²) in [5.74, 6) is 0. The van der Waals surface area contributed by atoms with E-state index in [1.54, 1.807) is 24.3 Å². The highest BCUT2D eigenvalue weighted by Crippen LogP contribution is 2.35. The van der Waals surface area contributed by atoms with Crippen molar-refractivity contribution < 1.29 is 19.0 Å². The molecule has 0 saturated heterocycles. The molecule has 1 heterocycles. The van der Waals surface area contributed by atoms with Crippen LogP contribution in [0.1, 0.15) is 6.92 Å². The first-order valence-electron chi connectivity index (χ1n) is 4.88. The lowest BCUT2D eigenvalue weighted by Gasteiger charge is -2.05. The van der Waals surface area contributed by atoms with Crippen molar-refractivity contribution in [2.45, 2.75) is 13.5 Å². The maximum absolute atomic E-state index is 11.4. The van der Waals surface area contributed by atoms with E-state index < -0.39 is 7.60 Å². The van der Waals surface area contributed by atoms with Crippen LogP contribution in [-0.2, 0) is 11.1 Å². The molecule has 0 atom stereocenters. The van der Waals surface area contributed by atoms with Crippen LogP contribution in [0.15, 0.2) is 30.5 Å². The Bertz CT molecular complexity index is 579. The second-order valence-electron chi connectivity index (χ2n) is 3.43. The summed E-state index contributed by atoms with van der Waals surface area (Å²) in [6.07, 6.45) is 1.41. The van der Waals surface area contributed by atoms with Gasteiger partial charge in [-0.2, -0.15) is 0 Å². The summed E-state index contributed by atoms with van der Waals surface area (Å²) in [5, 5.41) is 4.77. The Morgan fingerprint density at radius 2 is 2.06 bits per heavy atom. The number of aromatic nitrogens is 2. The molecule has 0 fully saturated rings. The van der Waals surface area contributed by atoms with Crippen molar-refractivity contribution in [2.24, 2.45) is 0 Å². The predicted octanol–water partition coefficient (Wildman–Crippen LogP) is 0.345. The van der Waals surface area contributed by atoms with Gasteiger partial charge in [-0.3, -0.25) is 4.57 Å². The molecule has 1 aromatic heterocycles. The van der Waals surface area contributed by atoms with E-state index in [-0.39, 0.29) is 5.30 Å². The van der Waals surface area contributed by atoms with Crippen molar-refractivity contribution in [3.05, 3.63) is 30.5 Å². The fraction of sp³-hybridized carbons (Fsp3) is 0.200. The van der Waals surface area contributed by atoms with Gasteiger partial charge in [0.2, 0.25) is 6.20 Å². The first-order valence-corrected chi connectivity index (χ1v) is 6.49. The molecule has 1 aromatic carbocycles. The molecular weight excluding hydrogens is 227 g/mol. The van der Waals surface area contributed by atoms with Crippen LogP contribution < -0.4 is 9.99 Å². The van der Waals surface area contributed by atoms with Crippen molar-refractivity contribution in [3.63, 3.8) is 0 Å². The van der Waals surface area contributed by atoms with Gasteiger partial charge in [-0.05, 0) is 13.0 Å². The van der Waals surface area contributed by atoms with Gasteiger partial charge in [0.1, 0.15) is 10.8 Å². The smallest absolute Gasteiger partial charge is 0.321 e. The molecule has 2 rings (SSSR count). The van der Waals surface area contributed by atoms with Gasteiger partial charge in [-0.25, -0.2) is 0 Å². The lowest BCUT2D eigenvalue weighted by Crippen LogP contribution is -2.39. The van der Waals surface area contributed by atoms with Crippen LogP contribution in [0, 0.1) is 0 Å². The van der Waals surface area contributed by atoms with E-state index in [4.69, 9.17) is 0 Å². The zero-order valence-corrected chi connectivity index (χ0v) is 9.63. The van der Waals surface area contributed by atoms with Crippen molar-refractivity contribution in [1.82, 2.24) is 5.10 Å². The standard InChI is InChI=1S/C10H11N2O3P/c1-2-12-7-10(16(13,14)15)8-5-3-4-6-9(8)11-12/h3-7H,2H2,1H3,(H-,13,14,15)/p+1. The average molecular weight is 239 g/mol. The molecule has 0 spiro atoms. The highest BCUT2D eigenvalue weighted by molar-refractivity contribution is 7.60. The minimum Gasteiger partial charge on any atom is -0.321 e. The summed E-state index contributed by atoms with van der Waals surface area (Å²) in [5.41, 5.74) is 0.588. The maximum Gasteiger partial charge on any atom is 0.363 e. The highest BCUT2D eigenvalue weighted by atomic mass is 31.2. The minimum absolute atomic E-state index is 0.0277. The van der Waals surface area contributed by atoms with Gasteiger partial charge in [0, 0.05) is 10.5 Å². The third-order valence-corrected chi connectivity index (χ3v) is 3.31. The van der Waals surface area contributed by atoms with Crippen molar-refractivity contribution in [1.29, 1.82) is 0 Å². The van der Waals surface area contributed by atoms with Gasteiger partial charge in [0.15, 0.2) is 6.54 Å². The van der Waals surface area contributed by atoms with Crippen LogP contribution in [0.4, 0.5) is 0 Å². The third-order valence-electron chi connectivity index (χ3n) is 2.33. The van der Waals surface area contributed by atoms with Crippen LogP contribution in [0.25, 0.3) is 10.9 Å². The van der Waals surface area contributed by atoms with Crippen molar-refractivity contribution >= 4 is 23.8 Å². The summed E-state index contributed by atoms with van der Waals surface area (Å²) in [6, 6.07) is 6.93. The molecule has 2 aromatic rings. The van der Waals surface area contributed by atoms with E-state index in [0.29, 0.717) is 17.4 Å². The number of nitrogens with zero attached hydrogens (tertiary/aromatic N) is 2. The van der Waals surface area contributed by atoms with Crippen molar-refractivity contribution in [3.8, 4) is 0 Å². The van der Waals surface area contributed by atoms with Crippen LogP contribution in [0.2, 0.25) is 0 Å². The topological polar surface area (TPSA) is 74.3 Å². The lowest BCUT2D eigenvalue weighted by atomic mass is 10.2. The Morgan fingerprint density at radius 3 is 2.69 bits per heavy atom. The summed E-state index contributed by atoms with van der Waals surface area (Å²) in [4.78, 5) is 18.6. The predicted molar refractivity (Wildman–Crippen MR) is 59.3 cm³/mol.